The summed E-state index contributed by atoms with van der Waals surface area (Å²) in [4.78, 5) is 27.8. The van der Waals surface area contributed by atoms with Gasteiger partial charge in [0, 0.05) is 30.9 Å². The predicted molar refractivity (Wildman–Crippen MR) is 137 cm³/mol. The van der Waals surface area contributed by atoms with Crippen molar-refractivity contribution < 1.29 is 23.8 Å². The molecular weight excluding hydrogens is 444 g/mol. The van der Waals surface area contributed by atoms with Crippen molar-refractivity contribution in [2.75, 3.05) is 44.4 Å². The van der Waals surface area contributed by atoms with E-state index in [1.54, 1.807) is 25.1 Å². The maximum atomic E-state index is 13.1. The Bertz CT molecular complexity index is 972. The van der Waals surface area contributed by atoms with Gasteiger partial charge in [0.1, 0.15) is 11.3 Å². The molecule has 1 heterocycles. The topological polar surface area (TPSA) is 77.1 Å². The number of benzene rings is 2. The summed E-state index contributed by atoms with van der Waals surface area (Å²) in [7, 11) is 0. The number of carbonyl (C=O) groups is 2. The molecule has 7 heteroatoms. The van der Waals surface area contributed by atoms with E-state index in [1.807, 2.05) is 26.0 Å². The highest BCUT2D eigenvalue weighted by atomic mass is 16.5. The fourth-order valence-corrected chi connectivity index (χ4v) is 4.41. The number of anilines is 1. The van der Waals surface area contributed by atoms with Crippen LogP contribution in [0.2, 0.25) is 0 Å². The van der Waals surface area contributed by atoms with Crippen LogP contribution >= 0.6 is 0 Å². The van der Waals surface area contributed by atoms with Crippen LogP contribution in [-0.2, 0) is 20.7 Å². The van der Waals surface area contributed by atoms with Crippen LogP contribution in [0.5, 0.6) is 5.75 Å². The Labute approximate surface area is 208 Å². The zero-order valence-electron chi connectivity index (χ0n) is 21.2. The van der Waals surface area contributed by atoms with Gasteiger partial charge in [-0.25, -0.2) is 4.79 Å². The maximum absolute atomic E-state index is 13.1. The molecule has 1 atom stereocenters. The van der Waals surface area contributed by atoms with Crippen LogP contribution in [0.1, 0.15) is 67.6 Å². The number of amides is 1. The molecule has 1 aliphatic rings. The summed E-state index contributed by atoms with van der Waals surface area (Å²) in [5.41, 5.74) is 3.36. The molecule has 190 valence electrons. The molecule has 7 nitrogen and oxygen atoms in total. The van der Waals surface area contributed by atoms with Crippen LogP contribution in [-0.4, -0.2) is 51.4 Å². The molecule has 0 saturated carbocycles. The minimum Gasteiger partial charge on any atom is -0.493 e. The lowest BCUT2D eigenvalue weighted by atomic mass is 10.0. The first-order chi connectivity index (χ1) is 17.1. The molecule has 2 aromatic carbocycles. The minimum absolute atomic E-state index is 0.116. The van der Waals surface area contributed by atoms with Crippen LogP contribution in [0, 0.1) is 0 Å². The molecule has 3 rings (SSSR count). The van der Waals surface area contributed by atoms with Gasteiger partial charge in [-0.05, 0) is 63.8 Å². The van der Waals surface area contributed by atoms with Crippen molar-refractivity contribution in [1.82, 2.24) is 5.32 Å². The largest absolute Gasteiger partial charge is 0.493 e. The van der Waals surface area contributed by atoms with Gasteiger partial charge in [0.05, 0.1) is 32.3 Å². The molecule has 1 N–H and O–H groups in total. The lowest BCUT2D eigenvalue weighted by Gasteiger charge is -2.32. The molecule has 0 aromatic heterocycles. The molecule has 0 bridgehead atoms. The summed E-state index contributed by atoms with van der Waals surface area (Å²) in [5, 5.41) is 3.18. The molecule has 0 spiro atoms. The number of nitrogens with zero attached hydrogens (tertiary/aromatic N) is 1. The molecular formula is C28H38N2O5. The maximum Gasteiger partial charge on any atom is 0.341 e. The molecule has 1 saturated heterocycles. The van der Waals surface area contributed by atoms with Gasteiger partial charge in [-0.3, -0.25) is 4.79 Å². The Hall–Kier alpha value is -3.06. The smallest absolute Gasteiger partial charge is 0.341 e. The summed E-state index contributed by atoms with van der Waals surface area (Å²) in [5.74, 6) is -0.120. The molecule has 1 fully saturated rings. The Morgan fingerprint density at radius 3 is 2.46 bits per heavy atom. The summed E-state index contributed by atoms with van der Waals surface area (Å²) in [6, 6.07) is 13.2. The van der Waals surface area contributed by atoms with Gasteiger partial charge < -0.3 is 24.4 Å². The van der Waals surface area contributed by atoms with Gasteiger partial charge in [0.2, 0.25) is 5.91 Å². The SMILES string of the molecule is CCOCC(NC(=O)Cc1ccc(C(=O)OCC)c(OCC)c1)c1ccccc1N1CCCCC1. The second kappa shape index (κ2) is 13.7. The van der Waals surface area contributed by atoms with Gasteiger partial charge in [-0.15, -0.1) is 0 Å². The molecule has 1 unspecified atom stereocenters. The van der Waals surface area contributed by atoms with E-state index in [9.17, 15) is 9.59 Å². The molecule has 0 radical (unpaired) electrons. The Kier molecular flexibility index (Phi) is 10.4. The van der Waals surface area contributed by atoms with Crippen molar-refractivity contribution in [3.8, 4) is 5.75 Å². The van der Waals surface area contributed by atoms with Crippen molar-refractivity contribution in [1.29, 1.82) is 0 Å². The molecule has 35 heavy (non-hydrogen) atoms. The lowest BCUT2D eigenvalue weighted by Crippen LogP contribution is -2.36. The highest BCUT2D eigenvalue weighted by molar-refractivity contribution is 5.93. The Balaban J connectivity index is 1.77. The summed E-state index contributed by atoms with van der Waals surface area (Å²) in [6.45, 7) is 9.30. The molecule has 2 aromatic rings. The van der Waals surface area contributed by atoms with Gasteiger partial charge in [-0.1, -0.05) is 24.3 Å². The third kappa shape index (κ3) is 7.46. The first-order valence-corrected chi connectivity index (χ1v) is 12.7. The van der Waals surface area contributed by atoms with E-state index < -0.39 is 5.97 Å². The number of ether oxygens (including phenoxy) is 3. The predicted octanol–water partition coefficient (Wildman–Crippen LogP) is 4.69. The Morgan fingerprint density at radius 2 is 1.74 bits per heavy atom. The van der Waals surface area contributed by atoms with E-state index in [2.05, 4.69) is 22.3 Å². The van der Waals surface area contributed by atoms with E-state index in [1.165, 1.54) is 19.3 Å². The van der Waals surface area contributed by atoms with Crippen molar-refractivity contribution in [3.63, 3.8) is 0 Å². The fraction of sp³-hybridized carbons (Fsp3) is 0.500. The average Bonchev–Trinajstić information content (AvgIpc) is 2.87. The molecule has 1 amide bonds. The van der Waals surface area contributed by atoms with Crippen LogP contribution in [0.4, 0.5) is 5.69 Å². The van der Waals surface area contributed by atoms with E-state index >= 15 is 0 Å². The van der Waals surface area contributed by atoms with Crippen molar-refractivity contribution in [2.45, 2.75) is 52.5 Å². The van der Waals surface area contributed by atoms with Gasteiger partial charge in [-0.2, -0.15) is 0 Å². The third-order valence-electron chi connectivity index (χ3n) is 6.04. The summed E-state index contributed by atoms with van der Waals surface area (Å²) >= 11 is 0. The van der Waals surface area contributed by atoms with Crippen molar-refractivity contribution in [3.05, 3.63) is 59.2 Å². The first-order valence-electron chi connectivity index (χ1n) is 12.7. The Morgan fingerprint density at radius 1 is 0.971 bits per heavy atom. The number of nitrogens with one attached hydrogen (secondary N) is 1. The first kappa shape index (κ1) is 26.5. The number of para-hydroxylation sites is 1. The van der Waals surface area contributed by atoms with Crippen molar-refractivity contribution >= 4 is 17.6 Å². The van der Waals surface area contributed by atoms with Crippen LogP contribution in [0.15, 0.2) is 42.5 Å². The number of hydrogen-bond donors (Lipinski definition) is 1. The van der Waals surface area contributed by atoms with Crippen molar-refractivity contribution in [2.24, 2.45) is 0 Å². The molecule has 1 aliphatic heterocycles. The van der Waals surface area contributed by atoms with Crippen LogP contribution in [0.3, 0.4) is 0 Å². The van der Waals surface area contributed by atoms with Gasteiger partial charge >= 0.3 is 5.97 Å². The van der Waals surface area contributed by atoms with E-state index in [0.717, 1.165) is 29.9 Å². The van der Waals surface area contributed by atoms with Gasteiger partial charge in [0.15, 0.2) is 0 Å². The molecule has 0 aliphatic carbocycles. The third-order valence-corrected chi connectivity index (χ3v) is 6.04. The minimum atomic E-state index is -0.432. The number of esters is 1. The van der Waals surface area contributed by atoms with E-state index in [4.69, 9.17) is 14.2 Å². The average molecular weight is 483 g/mol. The van der Waals surface area contributed by atoms with Crippen LogP contribution in [0.25, 0.3) is 0 Å². The fourth-order valence-electron chi connectivity index (χ4n) is 4.41. The lowest BCUT2D eigenvalue weighted by molar-refractivity contribution is -0.121. The zero-order chi connectivity index (χ0) is 25.0. The second-order valence-electron chi connectivity index (χ2n) is 8.55. The standard InChI is InChI=1S/C28H38N2O5/c1-4-33-20-24(22-12-8-9-13-25(22)30-16-10-7-11-17-30)29-27(31)19-21-14-15-23(28(32)35-6-3)26(18-21)34-5-2/h8-9,12-15,18,24H,4-7,10-11,16-17,19-20H2,1-3H3,(H,29,31). The quantitative estimate of drug-likeness (QED) is 0.443. The summed E-state index contributed by atoms with van der Waals surface area (Å²) in [6.07, 6.45) is 3.79. The summed E-state index contributed by atoms with van der Waals surface area (Å²) < 4.78 is 16.5. The number of hydrogen-bond acceptors (Lipinski definition) is 6. The second-order valence-corrected chi connectivity index (χ2v) is 8.55. The normalized spacial score (nSPS) is 14.3. The van der Waals surface area contributed by atoms with Gasteiger partial charge in [0.25, 0.3) is 0 Å². The van der Waals surface area contributed by atoms with E-state index in [0.29, 0.717) is 31.1 Å². The number of carbonyl (C=O) groups excluding carboxylic acids is 2. The number of piperidine rings is 1. The number of rotatable bonds is 12. The van der Waals surface area contributed by atoms with E-state index in [-0.39, 0.29) is 25.0 Å². The highest BCUT2D eigenvalue weighted by Crippen LogP contribution is 2.29. The monoisotopic (exact) mass is 482 g/mol. The van der Waals surface area contributed by atoms with Crippen LogP contribution < -0.4 is 15.0 Å². The zero-order valence-corrected chi connectivity index (χ0v) is 21.2. The highest BCUT2D eigenvalue weighted by Gasteiger charge is 2.22.